The van der Waals surface area contributed by atoms with Crippen molar-refractivity contribution in [3.05, 3.63) is 46.3 Å². The van der Waals surface area contributed by atoms with E-state index in [2.05, 4.69) is 32.6 Å². The molecule has 2 aliphatic carbocycles. The molecule has 1 aromatic rings. The number of hydrogen-bond donors (Lipinski definition) is 1. The van der Waals surface area contributed by atoms with Gasteiger partial charge < -0.3 is 20.1 Å². The van der Waals surface area contributed by atoms with Gasteiger partial charge in [0.05, 0.1) is 7.11 Å². The van der Waals surface area contributed by atoms with Crippen molar-refractivity contribution in [2.24, 2.45) is 16.6 Å². The number of methoxy groups -OCH3 is 1. The van der Waals surface area contributed by atoms with E-state index in [0.29, 0.717) is 35.5 Å². The standard InChI is InChI=1S/C27H34N2O5/c1-26(2)10-16-24(18(30)12-26)23(25-17(29(16)5)11-27(3,4)13-19(25)31)15-7-8-20(21(9-15)33-6)34-14-22(28)32/h7-9,23H,10-14H2,1-6H3,(H2,28,32). The van der Waals surface area contributed by atoms with E-state index in [1.807, 2.05) is 19.2 Å². The summed E-state index contributed by atoms with van der Waals surface area (Å²) in [6, 6.07) is 5.37. The molecule has 0 saturated heterocycles. The molecular formula is C27H34N2O5. The van der Waals surface area contributed by atoms with E-state index < -0.39 is 11.8 Å². The molecule has 0 radical (unpaired) electrons. The van der Waals surface area contributed by atoms with Crippen LogP contribution in [0.25, 0.3) is 0 Å². The van der Waals surface area contributed by atoms with E-state index in [1.54, 1.807) is 6.07 Å². The second-order valence-corrected chi connectivity index (χ2v) is 11.3. The highest BCUT2D eigenvalue weighted by Gasteiger charge is 2.48. The lowest BCUT2D eigenvalue weighted by atomic mass is 9.64. The fraction of sp³-hybridized carbons (Fsp3) is 0.519. The Balaban J connectivity index is 1.90. The lowest BCUT2D eigenvalue weighted by Gasteiger charge is -2.47. The third-order valence-corrected chi connectivity index (χ3v) is 7.07. The van der Waals surface area contributed by atoms with Crippen LogP contribution >= 0.6 is 0 Å². The number of primary amides is 1. The number of ketones is 2. The number of Topliss-reactive ketones (excluding diaryl/α,β-unsaturated/α-hetero) is 2. The number of nitrogens with zero attached hydrogens (tertiary/aromatic N) is 1. The highest BCUT2D eigenvalue weighted by atomic mass is 16.5. The minimum Gasteiger partial charge on any atom is -0.493 e. The van der Waals surface area contributed by atoms with E-state index >= 15 is 0 Å². The Labute approximate surface area is 201 Å². The summed E-state index contributed by atoms with van der Waals surface area (Å²) in [6.45, 7) is 8.20. The van der Waals surface area contributed by atoms with Crippen LogP contribution < -0.4 is 15.2 Å². The van der Waals surface area contributed by atoms with E-state index in [9.17, 15) is 14.4 Å². The molecule has 34 heavy (non-hydrogen) atoms. The number of ether oxygens (including phenoxy) is 2. The Morgan fingerprint density at radius 2 is 1.50 bits per heavy atom. The zero-order valence-electron chi connectivity index (χ0n) is 20.9. The zero-order chi connectivity index (χ0) is 25.0. The average Bonchev–Trinajstić information content (AvgIpc) is 2.72. The molecule has 1 aromatic carbocycles. The predicted octanol–water partition coefficient (Wildman–Crippen LogP) is 3.87. The minimum absolute atomic E-state index is 0.0836. The largest absolute Gasteiger partial charge is 0.493 e. The molecule has 3 aliphatic rings. The van der Waals surface area contributed by atoms with Gasteiger partial charge in [-0.05, 0) is 41.4 Å². The van der Waals surface area contributed by atoms with Crippen LogP contribution in [0.4, 0.5) is 0 Å². The Bertz CT molecular complexity index is 1090. The molecule has 1 aliphatic heterocycles. The Hall–Kier alpha value is -3.09. The molecule has 4 rings (SSSR count). The van der Waals surface area contributed by atoms with Gasteiger partial charge in [0.2, 0.25) is 0 Å². The van der Waals surface area contributed by atoms with Crippen LogP contribution in [0.15, 0.2) is 40.7 Å². The molecule has 7 heteroatoms. The first kappa shape index (κ1) is 24.0. The maximum Gasteiger partial charge on any atom is 0.255 e. The summed E-state index contributed by atoms with van der Waals surface area (Å²) in [5.74, 6) is -0.0623. The number of hydrogen-bond acceptors (Lipinski definition) is 6. The van der Waals surface area contributed by atoms with Gasteiger partial charge in [-0.25, -0.2) is 0 Å². The summed E-state index contributed by atoms with van der Waals surface area (Å²) < 4.78 is 11.0. The summed E-state index contributed by atoms with van der Waals surface area (Å²) >= 11 is 0. The molecule has 7 nitrogen and oxygen atoms in total. The number of rotatable bonds is 5. The maximum absolute atomic E-state index is 13.6. The maximum atomic E-state index is 13.6. The first-order valence-corrected chi connectivity index (χ1v) is 11.7. The van der Waals surface area contributed by atoms with Crippen LogP contribution in [0.2, 0.25) is 0 Å². The Morgan fingerprint density at radius 1 is 0.971 bits per heavy atom. The lowest BCUT2D eigenvalue weighted by Crippen LogP contribution is -2.43. The quantitative estimate of drug-likeness (QED) is 0.707. The molecule has 0 atom stereocenters. The summed E-state index contributed by atoms with van der Waals surface area (Å²) in [6.07, 6.45) is 2.41. The van der Waals surface area contributed by atoms with Crippen molar-refractivity contribution < 1.29 is 23.9 Å². The van der Waals surface area contributed by atoms with Crippen molar-refractivity contribution in [3.63, 3.8) is 0 Å². The topological polar surface area (TPSA) is 98.9 Å². The van der Waals surface area contributed by atoms with Gasteiger partial charge in [-0.3, -0.25) is 14.4 Å². The molecule has 0 saturated carbocycles. The number of carbonyl (C=O) groups excluding carboxylic acids is 3. The van der Waals surface area contributed by atoms with Crippen molar-refractivity contribution in [2.75, 3.05) is 20.8 Å². The molecule has 0 fully saturated rings. The number of benzene rings is 1. The van der Waals surface area contributed by atoms with Crippen molar-refractivity contribution in [3.8, 4) is 11.5 Å². The van der Waals surface area contributed by atoms with Crippen LogP contribution in [0.1, 0.15) is 64.9 Å². The van der Waals surface area contributed by atoms with Gasteiger partial charge in [-0.15, -0.1) is 0 Å². The zero-order valence-corrected chi connectivity index (χ0v) is 20.9. The summed E-state index contributed by atoms with van der Waals surface area (Å²) in [5.41, 5.74) is 9.15. The van der Waals surface area contributed by atoms with Gasteiger partial charge in [-0.2, -0.15) is 0 Å². The van der Waals surface area contributed by atoms with Gasteiger partial charge in [0, 0.05) is 48.3 Å². The van der Waals surface area contributed by atoms with Gasteiger partial charge in [0.15, 0.2) is 29.7 Å². The summed E-state index contributed by atoms with van der Waals surface area (Å²) in [4.78, 5) is 40.4. The molecule has 2 N–H and O–H groups in total. The van der Waals surface area contributed by atoms with Crippen molar-refractivity contribution >= 4 is 17.5 Å². The van der Waals surface area contributed by atoms with Gasteiger partial charge in [0.1, 0.15) is 0 Å². The normalized spacial score (nSPS) is 21.9. The third kappa shape index (κ3) is 4.24. The molecule has 1 heterocycles. The van der Waals surface area contributed by atoms with Crippen molar-refractivity contribution in [1.82, 2.24) is 4.90 Å². The second kappa shape index (κ2) is 8.29. The molecule has 0 aromatic heterocycles. The molecule has 182 valence electrons. The van der Waals surface area contributed by atoms with E-state index in [1.165, 1.54) is 7.11 Å². The van der Waals surface area contributed by atoms with Crippen LogP contribution in [0, 0.1) is 10.8 Å². The van der Waals surface area contributed by atoms with Crippen LogP contribution in [-0.4, -0.2) is 43.1 Å². The molecular weight excluding hydrogens is 432 g/mol. The van der Waals surface area contributed by atoms with Crippen molar-refractivity contribution in [2.45, 2.75) is 59.3 Å². The van der Waals surface area contributed by atoms with E-state index in [4.69, 9.17) is 15.2 Å². The Morgan fingerprint density at radius 3 is 1.97 bits per heavy atom. The first-order chi connectivity index (χ1) is 15.8. The first-order valence-electron chi connectivity index (χ1n) is 11.7. The molecule has 0 unspecified atom stereocenters. The monoisotopic (exact) mass is 466 g/mol. The number of amides is 1. The smallest absolute Gasteiger partial charge is 0.255 e. The minimum atomic E-state index is -0.586. The Kier molecular flexibility index (Phi) is 5.86. The second-order valence-electron chi connectivity index (χ2n) is 11.3. The molecule has 1 amide bonds. The van der Waals surface area contributed by atoms with E-state index in [0.717, 1.165) is 29.8 Å². The van der Waals surface area contributed by atoms with Crippen molar-refractivity contribution in [1.29, 1.82) is 0 Å². The van der Waals surface area contributed by atoms with Crippen LogP contribution in [-0.2, 0) is 14.4 Å². The lowest BCUT2D eigenvalue weighted by molar-refractivity contribution is -0.121. The molecule has 0 bridgehead atoms. The average molecular weight is 467 g/mol. The number of carbonyl (C=O) groups is 3. The SMILES string of the molecule is COc1cc(C2C3=C(CC(C)(C)CC3=O)N(C)C3=C2C(=O)CC(C)(C)C3)ccc1OCC(N)=O. The van der Waals surface area contributed by atoms with Gasteiger partial charge >= 0.3 is 0 Å². The highest BCUT2D eigenvalue weighted by Crippen LogP contribution is 2.54. The fourth-order valence-corrected chi connectivity index (χ4v) is 5.63. The molecule has 0 spiro atoms. The van der Waals surface area contributed by atoms with Gasteiger partial charge in [0.25, 0.3) is 5.91 Å². The van der Waals surface area contributed by atoms with E-state index in [-0.39, 0.29) is 29.0 Å². The third-order valence-electron chi connectivity index (χ3n) is 7.07. The summed E-state index contributed by atoms with van der Waals surface area (Å²) in [7, 11) is 3.51. The summed E-state index contributed by atoms with van der Waals surface area (Å²) in [5, 5.41) is 0. The number of nitrogens with two attached hydrogens (primary N) is 1. The van der Waals surface area contributed by atoms with Crippen LogP contribution in [0.5, 0.6) is 11.5 Å². The fourth-order valence-electron chi connectivity index (χ4n) is 5.63. The predicted molar refractivity (Wildman–Crippen MR) is 128 cm³/mol. The highest BCUT2D eigenvalue weighted by molar-refractivity contribution is 6.06. The van der Waals surface area contributed by atoms with Crippen LogP contribution in [0.3, 0.4) is 0 Å². The number of allylic oxidation sites excluding steroid dienone is 4. The van der Waals surface area contributed by atoms with Gasteiger partial charge in [-0.1, -0.05) is 33.8 Å².